The Morgan fingerprint density at radius 3 is 2.65 bits per heavy atom. The molecule has 4 rings (SSSR count). The van der Waals surface area contributed by atoms with E-state index in [1.165, 1.54) is 6.33 Å². The Kier molecular flexibility index (Phi) is 3.82. The molecule has 0 fully saturated rings. The molecule has 2 N–H and O–H groups in total. The maximum Gasteiger partial charge on any atom is 0.162 e. The first-order chi connectivity index (χ1) is 12.7. The molecule has 4 aromatic rings. The first-order valence-corrected chi connectivity index (χ1v) is 7.95. The van der Waals surface area contributed by atoms with Gasteiger partial charge >= 0.3 is 0 Å². The van der Waals surface area contributed by atoms with Crippen LogP contribution in [0.25, 0.3) is 21.9 Å². The minimum Gasteiger partial charge on any atom is -0.493 e. The summed E-state index contributed by atoms with van der Waals surface area (Å²) in [6, 6.07) is 11.4. The molecule has 0 saturated carbocycles. The number of methoxy groups -OCH3 is 2. The molecule has 6 heteroatoms. The van der Waals surface area contributed by atoms with Gasteiger partial charge in [0, 0.05) is 22.7 Å². The van der Waals surface area contributed by atoms with Crippen LogP contribution in [0, 0.1) is 12.3 Å². The third kappa shape index (κ3) is 2.56. The largest absolute Gasteiger partial charge is 0.493 e. The number of fused-ring (bicyclic) bond motifs is 3. The van der Waals surface area contributed by atoms with E-state index in [4.69, 9.17) is 15.9 Å². The fourth-order valence-corrected chi connectivity index (χ4v) is 2.94. The van der Waals surface area contributed by atoms with Crippen molar-refractivity contribution in [3.63, 3.8) is 0 Å². The zero-order valence-electron chi connectivity index (χ0n) is 14.3. The van der Waals surface area contributed by atoms with Crippen LogP contribution in [0.1, 0.15) is 5.56 Å². The van der Waals surface area contributed by atoms with Crippen LogP contribution in [0.5, 0.6) is 11.5 Å². The van der Waals surface area contributed by atoms with Gasteiger partial charge in [-0.2, -0.15) is 0 Å². The van der Waals surface area contributed by atoms with Crippen LogP contribution in [0.3, 0.4) is 0 Å². The lowest BCUT2D eigenvalue weighted by atomic mass is 10.2. The normalized spacial score (nSPS) is 10.7. The lowest BCUT2D eigenvalue weighted by Gasteiger charge is -2.07. The molecular weight excluding hydrogens is 328 g/mol. The number of nitrogens with one attached hydrogen (secondary N) is 2. The fourth-order valence-electron chi connectivity index (χ4n) is 2.94. The highest BCUT2D eigenvalue weighted by Gasteiger charge is 2.14. The van der Waals surface area contributed by atoms with Crippen molar-refractivity contribution < 1.29 is 9.47 Å². The zero-order chi connectivity index (χ0) is 18.1. The van der Waals surface area contributed by atoms with Crippen molar-refractivity contribution in [1.29, 1.82) is 0 Å². The van der Waals surface area contributed by atoms with Gasteiger partial charge in [-0.05, 0) is 24.3 Å². The Morgan fingerprint density at radius 2 is 1.88 bits per heavy atom. The van der Waals surface area contributed by atoms with Gasteiger partial charge in [0.2, 0.25) is 0 Å². The third-order valence-electron chi connectivity index (χ3n) is 4.18. The van der Waals surface area contributed by atoms with Crippen LogP contribution >= 0.6 is 0 Å². The van der Waals surface area contributed by atoms with Crippen LogP contribution in [0.4, 0.5) is 11.5 Å². The summed E-state index contributed by atoms with van der Waals surface area (Å²) in [5, 5.41) is 4.23. The van der Waals surface area contributed by atoms with Gasteiger partial charge in [-0.3, -0.25) is 0 Å². The molecule has 0 spiro atoms. The average Bonchev–Trinajstić information content (AvgIpc) is 3.05. The molecule has 0 radical (unpaired) electrons. The van der Waals surface area contributed by atoms with Gasteiger partial charge in [-0.15, -0.1) is 6.42 Å². The summed E-state index contributed by atoms with van der Waals surface area (Å²) in [5.41, 5.74) is 4.13. The van der Waals surface area contributed by atoms with E-state index < -0.39 is 0 Å². The summed E-state index contributed by atoms with van der Waals surface area (Å²) in [5.74, 6) is 4.59. The summed E-state index contributed by atoms with van der Waals surface area (Å²) < 4.78 is 10.8. The lowest BCUT2D eigenvalue weighted by Crippen LogP contribution is -1.95. The number of benzene rings is 2. The highest BCUT2D eigenvalue weighted by atomic mass is 16.5. The van der Waals surface area contributed by atoms with Gasteiger partial charge in [0.05, 0.1) is 19.7 Å². The number of aromatic nitrogens is 3. The number of terminal acetylenes is 1. The molecule has 26 heavy (non-hydrogen) atoms. The third-order valence-corrected chi connectivity index (χ3v) is 4.18. The monoisotopic (exact) mass is 344 g/mol. The second kappa shape index (κ2) is 6.30. The number of H-pyrrole nitrogens is 1. The lowest BCUT2D eigenvalue weighted by molar-refractivity contribution is 0.356. The molecule has 0 unspecified atom stereocenters. The van der Waals surface area contributed by atoms with E-state index in [-0.39, 0.29) is 0 Å². The SMILES string of the molecule is C#Cc1cccc(Nc2ncnc3c2[nH]c2cc(OC)c(OC)cc23)c1. The summed E-state index contributed by atoms with van der Waals surface area (Å²) in [4.78, 5) is 12.2. The number of anilines is 2. The van der Waals surface area contributed by atoms with Crippen LogP contribution in [-0.2, 0) is 0 Å². The molecule has 0 aliphatic carbocycles. The zero-order valence-corrected chi connectivity index (χ0v) is 14.3. The molecule has 0 aliphatic heterocycles. The summed E-state index contributed by atoms with van der Waals surface area (Å²) in [6.07, 6.45) is 7.00. The number of nitrogens with zero attached hydrogens (tertiary/aromatic N) is 2. The quantitative estimate of drug-likeness (QED) is 0.550. The summed E-state index contributed by atoms with van der Waals surface area (Å²) >= 11 is 0. The molecule has 6 nitrogen and oxygen atoms in total. The molecule has 2 aromatic heterocycles. The smallest absolute Gasteiger partial charge is 0.162 e. The molecule has 0 aliphatic rings. The highest BCUT2D eigenvalue weighted by molar-refractivity contribution is 6.09. The van der Waals surface area contributed by atoms with Gasteiger partial charge in [-0.25, -0.2) is 9.97 Å². The molecule has 0 atom stereocenters. The van der Waals surface area contributed by atoms with Crippen molar-refractivity contribution in [3.05, 3.63) is 48.3 Å². The average molecular weight is 344 g/mol. The van der Waals surface area contributed by atoms with Crippen molar-refractivity contribution in [2.45, 2.75) is 0 Å². The van der Waals surface area contributed by atoms with Gasteiger partial charge < -0.3 is 19.8 Å². The standard InChI is InChI=1S/C20H16N4O2/c1-4-12-6-5-7-13(8-12)23-20-19-18(21-11-22-20)14-9-16(25-2)17(26-3)10-15(14)24-19/h1,5-11,24H,2-3H3,(H,21,22,23). The van der Waals surface area contributed by atoms with Crippen molar-refractivity contribution in [2.75, 3.05) is 19.5 Å². The first-order valence-electron chi connectivity index (χ1n) is 7.95. The predicted octanol–water partition coefficient (Wildman–Crippen LogP) is 3.85. The Bertz CT molecular complexity index is 1160. The molecule has 0 saturated heterocycles. The van der Waals surface area contributed by atoms with Crippen molar-refractivity contribution in [2.24, 2.45) is 0 Å². The van der Waals surface area contributed by atoms with E-state index >= 15 is 0 Å². The number of rotatable bonds is 4. The number of ether oxygens (including phenoxy) is 2. The molecule has 2 heterocycles. The number of hydrogen-bond donors (Lipinski definition) is 2. The van der Waals surface area contributed by atoms with E-state index in [9.17, 15) is 0 Å². The minimum absolute atomic E-state index is 0.649. The predicted molar refractivity (Wildman–Crippen MR) is 102 cm³/mol. The van der Waals surface area contributed by atoms with E-state index in [0.29, 0.717) is 17.3 Å². The van der Waals surface area contributed by atoms with E-state index in [1.54, 1.807) is 14.2 Å². The Balaban J connectivity index is 1.87. The Labute approximate surface area is 150 Å². The Hall–Kier alpha value is -3.72. The molecular formula is C20H16N4O2. The summed E-state index contributed by atoms with van der Waals surface area (Å²) in [7, 11) is 3.22. The van der Waals surface area contributed by atoms with Crippen molar-refractivity contribution in [3.8, 4) is 23.8 Å². The van der Waals surface area contributed by atoms with E-state index in [2.05, 4.69) is 26.2 Å². The maximum absolute atomic E-state index is 5.47. The minimum atomic E-state index is 0.649. The van der Waals surface area contributed by atoms with Gasteiger partial charge in [0.1, 0.15) is 17.4 Å². The number of hydrogen-bond acceptors (Lipinski definition) is 5. The fraction of sp³-hybridized carbons (Fsp3) is 0.100. The van der Waals surface area contributed by atoms with Crippen LogP contribution < -0.4 is 14.8 Å². The van der Waals surface area contributed by atoms with Crippen molar-refractivity contribution in [1.82, 2.24) is 15.0 Å². The molecule has 128 valence electrons. The summed E-state index contributed by atoms with van der Waals surface area (Å²) in [6.45, 7) is 0. The number of aromatic amines is 1. The van der Waals surface area contributed by atoms with E-state index in [1.807, 2.05) is 36.4 Å². The first kappa shape index (κ1) is 15.8. The second-order valence-electron chi connectivity index (χ2n) is 5.67. The van der Waals surface area contributed by atoms with Gasteiger partial charge in [0.15, 0.2) is 17.3 Å². The van der Waals surface area contributed by atoms with Crippen LogP contribution in [0.15, 0.2) is 42.7 Å². The Morgan fingerprint density at radius 1 is 1.08 bits per heavy atom. The van der Waals surface area contributed by atoms with E-state index in [0.717, 1.165) is 33.2 Å². The van der Waals surface area contributed by atoms with Crippen LogP contribution in [-0.4, -0.2) is 29.2 Å². The second-order valence-corrected chi connectivity index (χ2v) is 5.67. The van der Waals surface area contributed by atoms with Crippen molar-refractivity contribution >= 4 is 33.4 Å². The van der Waals surface area contributed by atoms with Crippen LogP contribution in [0.2, 0.25) is 0 Å². The highest BCUT2D eigenvalue weighted by Crippen LogP contribution is 2.36. The van der Waals surface area contributed by atoms with Gasteiger partial charge in [0.25, 0.3) is 0 Å². The van der Waals surface area contributed by atoms with Gasteiger partial charge in [-0.1, -0.05) is 12.0 Å². The maximum atomic E-state index is 5.47. The topological polar surface area (TPSA) is 72.1 Å². The molecule has 0 bridgehead atoms. The molecule has 0 amide bonds. The molecule has 2 aromatic carbocycles.